The van der Waals surface area contributed by atoms with Crippen molar-refractivity contribution in [1.29, 1.82) is 0 Å². The first-order valence-electron chi connectivity index (χ1n) is 9.74. The predicted molar refractivity (Wildman–Crippen MR) is 133 cm³/mol. The van der Waals surface area contributed by atoms with Crippen LogP contribution >= 0.6 is 46.6 Å². The molecule has 2 N–H and O–H groups in total. The van der Waals surface area contributed by atoms with E-state index in [0.29, 0.717) is 33.8 Å². The number of carbonyl (C=O) groups is 2. The Kier molecular flexibility index (Phi) is 8.80. The van der Waals surface area contributed by atoms with Gasteiger partial charge in [0, 0.05) is 17.1 Å². The lowest BCUT2D eigenvalue weighted by molar-refractivity contribution is -0.113. The predicted octanol–water partition coefficient (Wildman–Crippen LogP) is 5.39. The van der Waals surface area contributed by atoms with E-state index >= 15 is 0 Å². The van der Waals surface area contributed by atoms with E-state index in [1.165, 1.54) is 23.9 Å². The number of amides is 2. The first-order chi connectivity index (χ1) is 15.8. The van der Waals surface area contributed by atoms with Gasteiger partial charge < -0.3 is 15.2 Å². The largest absolute Gasteiger partial charge is 0.345 e. The molecular weight excluding hydrogens is 505 g/mol. The van der Waals surface area contributed by atoms with Crippen LogP contribution in [0.3, 0.4) is 0 Å². The number of halogens is 3. The Morgan fingerprint density at radius 2 is 1.85 bits per heavy atom. The zero-order valence-corrected chi connectivity index (χ0v) is 20.7. The van der Waals surface area contributed by atoms with E-state index in [-0.39, 0.29) is 34.2 Å². The van der Waals surface area contributed by atoms with Crippen LogP contribution in [0, 0.1) is 6.92 Å². The van der Waals surface area contributed by atoms with Crippen molar-refractivity contribution in [1.82, 2.24) is 20.1 Å². The van der Waals surface area contributed by atoms with E-state index < -0.39 is 0 Å². The summed E-state index contributed by atoms with van der Waals surface area (Å²) in [6.45, 7) is 6.23. The quantitative estimate of drug-likeness (QED) is 0.289. The molecule has 172 valence electrons. The van der Waals surface area contributed by atoms with Gasteiger partial charge in [-0.3, -0.25) is 9.59 Å². The van der Waals surface area contributed by atoms with Crippen LogP contribution in [0.15, 0.2) is 54.2 Å². The number of rotatable bonds is 9. The van der Waals surface area contributed by atoms with Crippen molar-refractivity contribution < 1.29 is 9.59 Å². The molecule has 0 fully saturated rings. The lowest BCUT2D eigenvalue weighted by Crippen LogP contribution is -2.25. The molecule has 0 aliphatic rings. The third-order valence-electron chi connectivity index (χ3n) is 4.51. The molecule has 0 aliphatic carbocycles. The number of hydrogen-bond donors (Lipinski definition) is 2. The van der Waals surface area contributed by atoms with Gasteiger partial charge >= 0.3 is 0 Å². The van der Waals surface area contributed by atoms with Crippen LogP contribution < -0.4 is 10.6 Å². The van der Waals surface area contributed by atoms with Gasteiger partial charge in [-0.1, -0.05) is 70.8 Å². The molecule has 7 nitrogen and oxygen atoms in total. The molecule has 0 bridgehead atoms. The SMILES string of the molecule is C=CCn1c(CNC(=O)c2ccccc2C)nnc1SCC(=O)Nc1c(Cl)cc(Cl)cc1Cl. The number of hydrogen-bond acceptors (Lipinski definition) is 5. The van der Waals surface area contributed by atoms with Crippen LogP contribution in [0.4, 0.5) is 5.69 Å². The molecule has 3 aromatic rings. The summed E-state index contributed by atoms with van der Waals surface area (Å²) in [4.78, 5) is 24.9. The van der Waals surface area contributed by atoms with Gasteiger partial charge in [0.25, 0.3) is 5.91 Å². The summed E-state index contributed by atoms with van der Waals surface area (Å²) in [5, 5.41) is 15.2. The highest BCUT2D eigenvalue weighted by atomic mass is 35.5. The van der Waals surface area contributed by atoms with Crippen molar-refractivity contribution in [3.63, 3.8) is 0 Å². The van der Waals surface area contributed by atoms with E-state index in [4.69, 9.17) is 34.8 Å². The summed E-state index contributed by atoms with van der Waals surface area (Å²) < 4.78 is 1.78. The number of aromatic nitrogens is 3. The minimum absolute atomic E-state index is 0.0418. The van der Waals surface area contributed by atoms with Crippen LogP contribution in [-0.4, -0.2) is 32.3 Å². The molecular formula is C22H20Cl3N5O2S. The standard InChI is InChI=1S/C22H20Cl3N5O2S/c1-3-8-30-18(11-26-21(32)15-7-5-4-6-13(15)2)28-29-22(30)33-12-19(31)27-20-16(24)9-14(23)10-17(20)25/h3-7,9-10H,1,8,11-12H2,2H3,(H,26,32)(H,27,31). The average molecular weight is 525 g/mol. The second-order valence-corrected chi connectivity index (χ2v) is 9.07. The lowest BCUT2D eigenvalue weighted by Gasteiger charge is -2.11. The molecule has 0 radical (unpaired) electrons. The second kappa shape index (κ2) is 11.6. The summed E-state index contributed by atoms with van der Waals surface area (Å²) >= 11 is 19.3. The fourth-order valence-corrected chi connectivity index (χ4v) is 4.60. The minimum atomic E-state index is -0.325. The molecule has 2 aromatic carbocycles. The highest BCUT2D eigenvalue weighted by Gasteiger charge is 2.17. The zero-order chi connectivity index (χ0) is 24.0. The molecule has 0 aliphatic heterocycles. The van der Waals surface area contributed by atoms with E-state index in [9.17, 15) is 9.59 Å². The molecule has 1 heterocycles. The van der Waals surface area contributed by atoms with Crippen molar-refractivity contribution in [2.24, 2.45) is 0 Å². The number of thioether (sulfide) groups is 1. The molecule has 1 aromatic heterocycles. The zero-order valence-electron chi connectivity index (χ0n) is 17.6. The highest BCUT2D eigenvalue weighted by Crippen LogP contribution is 2.33. The van der Waals surface area contributed by atoms with Gasteiger partial charge in [-0.15, -0.1) is 16.8 Å². The van der Waals surface area contributed by atoms with E-state index in [0.717, 1.165) is 5.56 Å². The fourth-order valence-electron chi connectivity index (χ4n) is 2.92. The molecule has 33 heavy (non-hydrogen) atoms. The van der Waals surface area contributed by atoms with Crippen molar-refractivity contribution in [2.45, 2.75) is 25.2 Å². The molecule has 3 rings (SSSR count). The van der Waals surface area contributed by atoms with Crippen LogP contribution in [0.2, 0.25) is 15.1 Å². The summed E-state index contributed by atoms with van der Waals surface area (Å²) in [5.74, 6) is 0.0592. The van der Waals surface area contributed by atoms with Gasteiger partial charge in [0.2, 0.25) is 5.91 Å². The first kappa shape index (κ1) is 25.1. The maximum atomic E-state index is 12.5. The van der Waals surface area contributed by atoms with Gasteiger partial charge in [0.1, 0.15) is 0 Å². The number of anilines is 1. The number of allylic oxidation sites excluding steroid dienone is 1. The van der Waals surface area contributed by atoms with Crippen molar-refractivity contribution in [3.8, 4) is 0 Å². The monoisotopic (exact) mass is 523 g/mol. The minimum Gasteiger partial charge on any atom is -0.345 e. The smallest absolute Gasteiger partial charge is 0.251 e. The van der Waals surface area contributed by atoms with Crippen molar-refractivity contribution in [2.75, 3.05) is 11.1 Å². The van der Waals surface area contributed by atoms with Gasteiger partial charge in [0.05, 0.1) is 28.0 Å². The second-order valence-electron chi connectivity index (χ2n) is 6.88. The Morgan fingerprint density at radius 3 is 2.52 bits per heavy atom. The Balaban J connectivity index is 1.64. The molecule has 0 saturated carbocycles. The summed E-state index contributed by atoms with van der Waals surface area (Å²) in [6, 6.07) is 10.3. The first-order valence-corrected chi connectivity index (χ1v) is 11.9. The average Bonchev–Trinajstić information content (AvgIpc) is 3.15. The normalized spacial score (nSPS) is 10.7. The lowest BCUT2D eigenvalue weighted by atomic mass is 10.1. The molecule has 0 spiro atoms. The van der Waals surface area contributed by atoms with Gasteiger partial charge in [-0.2, -0.15) is 0 Å². The van der Waals surface area contributed by atoms with Crippen LogP contribution in [0.1, 0.15) is 21.7 Å². The molecule has 0 unspecified atom stereocenters. The van der Waals surface area contributed by atoms with Crippen molar-refractivity contribution >= 4 is 64.1 Å². The van der Waals surface area contributed by atoms with Crippen LogP contribution in [-0.2, 0) is 17.9 Å². The third kappa shape index (κ3) is 6.51. The third-order valence-corrected chi connectivity index (χ3v) is 6.29. The molecule has 2 amide bonds. The summed E-state index contributed by atoms with van der Waals surface area (Å²) in [6.07, 6.45) is 1.69. The Hall–Kier alpha value is -2.52. The maximum absolute atomic E-state index is 12.5. The van der Waals surface area contributed by atoms with Gasteiger partial charge in [0.15, 0.2) is 11.0 Å². The topological polar surface area (TPSA) is 88.9 Å². The van der Waals surface area contributed by atoms with Gasteiger partial charge in [-0.05, 0) is 30.7 Å². The summed E-state index contributed by atoms with van der Waals surface area (Å²) in [5.41, 5.74) is 1.77. The number of aryl methyl sites for hydroxylation is 1. The molecule has 0 saturated heterocycles. The van der Waals surface area contributed by atoms with Crippen LogP contribution in [0.5, 0.6) is 0 Å². The van der Waals surface area contributed by atoms with E-state index in [2.05, 4.69) is 27.4 Å². The Labute approximate surface area is 210 Å². The fraction of sp³-hybridized carbons (Fsp3) is 0.182. The maximum Gasteiger partial charge on any atom is 0.251 e. The highest BCUT2D eigenvalue weighted by molar-refractivity contribution is 7.99. The summed E-state index contributed by atoms with van der Waals surface area (Å²) in [7, 11) is 0. The van der Waals surface area contributed by atoms with Gasteiger partial charge in [-0.25, -0.2) is 0 Å². The molecule has 11 heteroatoms. The number of nitrogens with one attached hydrogen (secondary N) is 2. The van der Waals surface area contributed by atoms with E-state index in [1.54, 1.807) is 16.7 Å². The number of carbonyl (C=O) groups excluding carboxylic acids is 2. The Bertz CT molecular complexity index is 1180. The molecule has 0 atom stereocenters. The Morgan fingerprint density at radius 1 is 1.15 bits per heavy atom. The van der Waals surface area contributed by atoms with Crippen molar-refractivity contribution in [3.05, 3.63) is 81.1 Å². The number of benzene rings is 2. The van der Waals surface area contributed by atoms with E-state index in [1.807, 2.05) is 25.1 Å². The number of nitrogens with zero attached hydrogens (tertiary/aromatic N) is 3. The van der Waals surface area contributed by atoms with Crippen LogP contribution in [0.25, 0.3) is 0 Å².